The summed E-state index contributed by atoms with van der Waals surface area (Å²) >= 11 is 6.52. The van der Waals surface area contributed by atoms with Gasteiger partial charge in [-0.05, 0) is 37.1 Å². The third-order valence-corrected chi connectivity index (χ3v) is 6.65. The van der Waals surface area contributed by atoms with E-state index in [0.717, 1.165) is 51.4 Å². The molecule has 12 nitrogen and oxygen atoms in total. The molecule has 1 saturated heterocycles. The van der Waals surface area contributed by atoms with E-state index in [1.165, 1.54) is 0 Å². The van der Waals surface area contributed by atoms with Crippen molar-refractivity contribution in [2.24, 2.45) is 4.99 Å². The van der Waals surface area contributed by atoms with Gasteiger partial charge in [0.05, 0.1) is 30.5 Å². The van der Waals surface area contributed by atoms with E-state index in [9.17, 15) is 9.90 Å². The van der Waals surface area contributed by atoms with Crippen LogP contribution in [-0.2, 0) is 4.74 Å². The van der Waals surface area contributed by atoms with Gasteiger partial charge in [-0.25, -0.2) is 9.78 Å². The van der Waals surface area contributed by atoms with Gasteiger partial charge in [-0.3, -0.25) is 14.9 Å². The summed E-state index contributed by atoms with van der Waals surface area (Å²) in [5, 5.41) is 18.8. The molecule has 4 aromatic rings. The summed E-state index contributed by atoms with van der Waals surface area (Å²) in [5.74, 6) is 0.913. The number of rotatable bonds is 8. The third kappa shape index (κ3) is 5.52. The van der Waals surface area contributed by atoms with Gasteiger partial charge in [0.15, 0.2) is 11.1 Å². The van der Waals surface area contributed by atoms with E-state index < -0.39 is 5.69 Å². The van der Waals surface area contributed by atoms with Crippen molar-refractivity contribution in [2.75, 3.05) is 44.8 Å². The number of fused-ring (bicyclic) bond motifs is 1. The first kappa shape index (κ1) is 24.5. The highest BCUT2D eigenvalue weighted by Gasteiger charge is 2.20. The summed E-state index contributed by atoms with van der Waals surface area (Å²) < 4.78 is 12.9. The number of ether oxygens (including phenoxy) is 2. The van der Waals surface area contributed by atoms with Crippen LogP contribution in [-0.4, -0.2) is 80.1 Å². The number of imidazole rings is 1. The van der Waals surface area contributed by atoms with Gasteiger partial charge in [0, 0.05) is 36.6 Å². The van der Waals surface area contributed by atoms with Crippen LogP contribution >= 0.6 is 11.6 Å². The molecular formula is C25H27ClN8O4. The number of nitrogens with zero attached hydrogens (tertiary/aromatic N) is 5. The average molecular weight is 539 g/mol. The van der Waals surface area contributed by atoms with Crippen molar-refractivity contribution in [3.05, 3.63) is 62.4 Å². The van der Waals surface area contributed by atoms with E-state index >= 15 is 0 Å². The standard InChI is InChI=1S/C25H27ClN8O4/c26-18-12-17(3-4-20(18)38-10-7-33-5-8-37-9-6-33)28-21-13-22(29-16-1-2-16)34-23(31-21)15(14-27-34)11-19-24(35)32-25(36)30-19/h3-4,11-14,16,28,35H,1-2,5-10H2,(H2,30,32,36)/b15-11-,29-22?. The molecule has 3 aromatic heterocycles. The van der Waals surface area contributed by atoms with Crippen LogP contribution in [0, 0.1) is 0 Å². The summed E-state index contributed by atoms with van der Waals surface area (Å²) in [7, 11) is 0. The number of anilines is 2. The van der Waals surface area contributed by atoms with Crippen LogP contribution in [0.4, 0.5) is 11.5 Å². The largest absolute Gasteiger partial charge is 0.493 e. The second kappa shape index (κ2) is 10.5. The molecular weight excluding hydrogens is 512 g/mol. The van der Waals surface area contributed by atoms with Crippen LogP contribution in [0.2, 0.25) is 5.02 Å². The Morgan fingerprint density at radius 3 is 2.84 bits per heavy atom. The summed E-state index contributed by atoms with van der Waals surface area (Å²) in [6.07, 6.45) is 5.29. The molecule has 4 heterocycles. The van der Waals surface area contributed by atoms with Crippen molar-refractivity contribution in [3.63, 3.8) is 0 Å². The molecule has 2 fully saturated rings. The number of aromatic hydroxyl groups is 1. The van der Waals surface area contributed by atoms with Crippen LogP contribution in [0.15, 0.2) is 40.2 Å². The van der Waals surface area contributed by atoms with Crippen molar-refractivity contribution in [3.8, 4) is 11.6 Å². The van der Waals surface area contributed by atoms with Gasteiger partial charge in [-0.15, -0.1) is 0 Å². The van der Waals surface area contributed by atoms with Crippen molar-refractivity contribution in [1.82, 2.24) is 29.5 Å². The summed E-state index contributed by atoms with van der Waals surface area (Å²) in [4.78, 5) is 28.2. The van der Waals surface area contributed by atoms with Gasteiger partial charge in [-0.1, -0.05) is 11.6 Å². The molecule has 6 rings (SSSR count). The highest BCUT2D eigenvalue weighted by atomic mass is 35.5. The molecule has 1 aromatic carbocycles. The Balaban J connectivity index is 1.26. The fourth-order valence-corrected chi connectivity index (χ4v) is 4.45. The fraction of sp³-hybridized carbons (Fsp3) is 0.360. The zero-order valence-corrected chi connectivity index (χ0v) is 21.2. The topological polar surface area (TPSA) is 145 Å². The van der Waals surface area contributed by atoms with Crippen molar-refractivity contribution in [2.45, 2.75) is 18.9 Å². The van der Waals surface area contributed by atoms with Gasteiger partial charge >= 0.3 is 5.69 Å². The molecule has 0 radical (unpaired) electrons. The first-order chi connectivity index (χ1) is 18.5. The number of aromatic nitrogens is 5. The molecule has 2 aliphatic rings. The lowest BCUT2D eigenvalue weighted by Gasteiger charge is -2.26. The predicted octanol–water partition coefficient (Wildman–Crippen LogP) is 1.17. The number of H-pyrrole nitrogens is 2. The number of morpholine rings is 1. The molecule has 38 heavy (non-hydrogen) atoms. The van der Waals surface area contributed by atoms with E-state index in [1.807, 2.05) is 18.2 Å². The number of aromatic amines is 2. The zero-order chi connectivity index (χ0) is 26.1. The van der Waals surface area contributed by atoms with Crippen LogP contribution in [0.1, 0.15) is 18.5 Å². The summed E-state index contributed by atoms with van der Waals surface area (Å²) in [6.45, 7) is 4.68. The molecule has 1 aliphatic carbocycles. The Kier molecular flexibility index (Phi) is 6.75. The molecule has 0 spiro atoms. The zero-order valence-electron chi connectivity index (χ0n) is 20.5. The van der Waals surface area contributed by atoms with Gasteiger partial charge in [0.1, 0.15) is 23.9 Å². The van der Waals surface area contributed by atoms with E-state index in [4.69, 9.17) is 31.1 Å². The Bertz CT molecular complexity index is 1640. The van der Waals surface area contributed by atoms with Gasteiger partial charge in [-0.2, -0.15) is 9.61 Å². The maximum Gasteiger partial charge on any atom is 0.326 e. The van der Waals surface area contributed by atoms with Crippen LogP contribution in [0.3, 0.4) is 0 Å². The number of halogens is 1. The van der Waals surface area contributed by atoms with Crippen molar-refractivity contribution in [1.29, 1.82) is 0 Å². The number of hydrogen-bond donors (Lipinski definition) is 4. The number of benzene rings is 1. The van der Waals surface area contributed by atoms with Crippen LogP contribution < -0.4 is 26.4 Å². The molecule has 0 amide bonds. The average Bonchev–Trinajstić information content (AvgIpc) is 3.54. The van der Waals surface area contributed by atoms with Crippen molar-refractivity contribution >= 4 is 34.8 Å². The molecule has 198 valence electrons. The third-order valence-electron chi connectivity index (χ3n) is 6.35. The Morgan fingerprint density at radius 1 is 1.26 bits per heavy atom. The molecule has 1 aliphatic heterocycles. The van der Waals surface area contributed by atoms with Gasteiger partial charge in [0.25, 0.3) is 0 Å². The van der Waals surface area contributed by atoms with Gasteiger partial charge < -0.3 is 24.9 Å². The van der Waals surface area contributed by atoms with Crippen molar-refractivity contribution < 1.29 is 14.6 Å². The smallest absolute Gasteiger partial charge is 0.326 e. The Labute approximate surface area is 221 Å². The highest BCUT2D eigenvalue weighted by molar-refractivity contribution is 6.32. The Morgan fingerprint density at radius 2 is 2.11 bits per heavy atom. The second-order valence-corrected chi connectivity index (χ2v) is 9.66. The molecule has 1 saturated carbocycles. The van der Waals surface area contributed by atoms with E-state index in [2.05, 4.69) is 25.3 Å². The van der Waals surface area contributed by atoms with Crippen LogP contribution in [0.5, 0.6) is 11.6 Å². The first-order valence-corrected chi connectivity index (χ1v) is 12.8. The Hall–Kier alpha value is -3.87. The minimum Gasteiger partial charge on any atom is -0.493 e. The predicted molar refractivity (Wildman–Crippen MR) is 141 cm³/mol. The summed E-state index contributed by atoms with van der Waals surface area (Å²) in [6, 6.07) is 7.60. The monoisotopic (exact) mass is 538 g/mol. The molecule has 0 atom stereocenters. The minimum atomic E-state index is -0.504. The molecule has 0 bridgehead atoms. The molecule has 4 N–H and O–H groups in total. The fourth-order valence-electron chi connectivity index (χ4n) is 4.21. The minimum absolute atomic E-state index is 0.238. The maximum absolute atomic E-state index is 11.5. The van der Waals surface area contributed by atoms with Crippen LogP contribution in [0.25, 0.3) is 11.7 Å². The number of hydrogen-bond acceptors (Lipinski definition) is 9. The normalized spacial score (nSPS) is 17.4. The second-order valence-electron chi connectivity index (χ2n) is 9.25. The van der Waals surface area contributed by atoms with Gasteiger partial charge in [0.2, 0.25) is 5.88 Å². The van der Waals surface area contributed by atoms with E-state index in [1.54, 1.807) is 22.9 Å². The number of nitrogens with one attached hydrogen (secondary N) is 3. The van der Waals surface area contributed by atoms with E-state index in [-0.39, 0.29) is 17.6 Å². The lowest BCUT2D eigenvalue weighted by Crippen LogP contribution is -2.38. The maximum atomic E-state index is 11.5. The lowest BCUT2D eigenvalue weighted by atomic mass is 10.3. The lowest BCUT2D eigenvalue weighted by molar-refractivity contribution is 0.0322. The SMILES string of the molecule is O=c1[nH]c(O)c(/C=c2/cnn3c(=NC4CC4)cc(Nc4ccc(OCCN5CCOCC5)c(Cl)c4)nc23)[nH]1. The molecule has 13 heteroatoms. The quantitative estimate of drug-likeness (QED) is 0.261. The molecule has 0 unspecified atom stereocenters. The summed E-state index contributed by atoms with van der Waals surface area (Å²) in [5.41, 5.74) is 1.64. The van der Waals surface area contributed by atoms with E-state index in [0.29, 0.717) is 39.6 Å². The highest BCUT2D eigenvalue weighted by Crippen LogP contribution is 2.29. The first-order valence-electron chi connectivity index (χ1n) is 12.5.